The first kappa shape index (κ1) is 19.4. The van der Waals surface area contributed by atoms with Crippen LogP contribution in [-0.4, -0.2) is 32.7 Å². The molecule has 0 saturated heterocycles. The molecule has 7 nitrogen and oxygen atoms in total. The lowest BCUT2D eigenvalue weighted by atomic mass is 10.1. The van der Waals surface area contributed by atoms with Gasteiger partial charge in [0.1, 0.15) is 10.8 Å². The number of hydrogen-bond acceptors (Lipinski definition) is 7. The number of benzene rings is 2. The van der Waals surface area contributed by atoms with Crippen molar-refractivity contribution >= 4 is 33.5 Å². The van der Waals surface area contributed by atoms with E-state index >= 15 is 0 Å². The molecule has 1 fully saturated rings. The predicted octanol–water partition coefficient (Wildman–Crippen LogP) is 4.57. The summed E-state index contributed by atoms with van der Waals surface area (Å²) < 4.78 is 6.77. The number of fused-ring (bicyclic) bond motifs is 1. The minimum atomic E-state index is -0.304. The Hall–Kier alpha value is -3.52. The van der Waals surface area contributed by atoms with Gasteiger partial charge >= 0.3 is 0 Å². The molecule has 2 aromatic heterocycles. The van der Waals surface area contributed by atoms with E-state index in [1.165, 1.54) is 15.9 Å². The minimum absolute atomic E-state index is 0.177. The summed E-state index contributed by atoms with van der Waals surface area (Å²) in [6.45, 7) is 2.46. The topological polar surface area (TPSA) is 89.6 Å². The summed E-state index contributed by atoms with van der Waals surface area (Å²) in [7, 11) is 0. The van der Waals surface area contributed by atoms with E-state index in [0.29, 0.717) is 45.4 Å². The number of rotatable bonds is 6. The Morgan fingerprint density at radius 3 is 2.61 bits per heavy atom. The summed E-state index contributed by atoms with van der Waals surface area (Å²) in [6.07, 6.45) is 3.85. The summed E-state index contributed by atoms with van der Waals surface area (Å²) in [4.78, 5) is 17.6. The summed E-state index contributed by atoms with van der Waals surface area (Å²) in [5.41, 5.74) is 0.687. The van der Waals surface area contributed by atoms with Crippen LogP contribution in [0.15, 0.2) is 58.3 Å². The highest BCUT2D eigenvalue weighted by Crippen LogP contribution is 2.42. The number of pyridine rings is 1. The molecule has 1 N–H and O–H groups in total. The third-order valence-electron chi connectivity index (χ3n) is 5.17. The van der Waals surface area contributed by atoms with Gasteiger partial charge in [0.15, 0.2) is 0 Å². The fourth-order valence-corrected chi connectivity index (χ4v) is 4.34. The van der Waals surface area contributed by atoms with Crippen LogP contribution in [0.4, 0.5) is 5.13 Å². The van der Waals surface area contributed by atoms with Gasteiger partial charge in [-0.2, -0.15) is 0 Å². The van der Waals surface area contributed by atoms with E-state index < -0.39 is 0 Å². The highest BCUT2D eigenvalue weighted by atomic mass is 32.1. The molecule has 31 heavy (non-hydrogen) atoms. The highest BCUT2D eigenvalue weighted by molar-refractivity contribution is 7.15. The maximum Gasteiger partial charge on any atom is 0.265 e. The molecule has 4 aromatic rings. The molecular weight excluding hydrogens is 412 g/mol. The Morgan fingerprint density at radius 1 is 1.16 bits per heavy atom. The van der Waals surface area contributed by atoms with E-state index in [0.717, 1.165) is 17.8 Å². The standard InChI is InChI=1S/C23H20N4O3S/c1-2-30-16-11-9-15(10-12-16)27-21(28)18-6-4-3-5-17(18)19(22(27)29)13-24-23-26-25-20(31-23)14-7-8-14/h3-6,9-14,29H,2,7-8H2,1H3. The molecule has 1 aliphatic rings. The molecule has 0 spiro atoms. The number of aliphatic imine (C=N–C) groups is 1. The second-order valence-electron chi connectivity index (χ2n) is 7.31. The Morgan fingerprint density at radius 2 is 1.90 bits per heavy atom. The molecular formula is C23H20N4O3S. The molecule has 0 amide bonds. The number of aromatic hydroxyl groups is 1. The number of nitrogens with zero attached hydrogens (tertiary/aromatic N) is 4. The average molecular weight is 433 g/mol. The zero-order valence-electron chi connectivity index (χ0n) is 16.9. The smallest absolute Gasteiger partial charge is 0.265 e. The molecule has 1 aliphatic carbocycles. The first-order chi connectivity index (χ1) is 15.2. The van der Waals surface area contributed by atoms with Gasteiger partial charge < -0.3 is 9.84 Å². The number of aromatic nitrogens is 3. The van der Waals surface area contributed by atoms with Crippen molar-refractivity contribution in [3.8, 4) is 17.3 Å². The van der Waals surface area contributed by atoms with E-state index in [9.17, 15) is 9.90 Å². The Balaban J connectivity index is 1.63. The molecule has 0 aliphatic heterocycles. The maximum atomic E-state index is 13.2. The van der Waals surface area contributed by atoms with E-state index in [4.69, 9.17) is 4.74 Å². The quantitative estimate of drug-likeness (QED) is 0.451. The minimum Gasteiger partial charge on any atom is -0.494 e. The molecule has 2 aromatic carbocycles. The molecule has 0 atom stereocenters. The largest absolute Gasteiger partial charge is 0.494 e. The first-order valence-corrected chi connectivity index (χ1v) is 10.9. The second-order valence-corrected chi connectivity index (χ2v) is 8.29. The van der Waals surface area contributed by atoms with Crippen LogP contribution in [0.25, 0.3) is 16.5 Å². The van der Waals surface area contributed by atoms with Crippen LogP contribution in [0.5, 0.6) is 11.6 Å². The van der Waals surface area contributed by atoms with Gasteiger partial charge in [-0.3, -0.25) is 4.79 Å². The molecule has 0 bridgehead atoms. The molecule has 1 saturated carbocycles. The van der Waals surface area contributed by atoms with Crippen LogP contribution in [0.1, 0.15) is 36.3 Å². The van der Waals surface area contributed by atoms with Crippen LogP contribution >= 0.6 is 11.3 Å². The van der Waals surface area contributed by atoms with Crippen molar-refractivity contribution in [2.24, 2.45) is 4.99 Å². The van der Waals surface area contributed by atoms with E-state index in [1.807, 2.05) is 13.0 Å². The summed E-state index contributed by atoms with van der Waals surface area (Å²) >= 11 is 1.46. The summed E-state index contributed by atoms with van der Waals surface area (Å²) in [5.74, 6) is 1.03. The maximum absolute atomic E-state index is 13.2. The fourth-order valence-electron chi connectivity index (χ4n) is 3.48. The van der Waals surface area contributed by atoms with Gasteiger partial charge in [-0.25, -0.2) is 9.56 Å². The zero-order chi connectivity index (χ0) is 21.4. The summed E-state index contributed by atoms with van der Waals surface area (Å²) in [5, 5.41) is 22.1. The highest BCUT2D eigenvalue weighted by Gasteiger charge is 2.27. The van der Waals surface area contributed by atoms with Gasteiger partial charge in [-0.15, -0.1) is 10.2 Å². The summed E-state index contributed by atoms with van der Waals surface area (Å²) in [6, 6.07) is 14.2. The van der Waals surface area contributed by atoms with Crippen LogP contribution in [0.2, 0.25) is 0 Å². The van der Waals surface area contributed by atoms with Crippen molar-refractivity contribution < 1.29 is 9.84 Å². The third kappa shape index (κ3) is 3.70. The molecule has 2 heterocycles. The molecule has 156 valence electrons. The SMILES string of the molecule is CCOc1ccc(-n2c(O)c(C=Nc3nnc(C4CC4)s3)c3ccccc3c2=O)cc1. The van der Waals surface area contributed by atoms with Crippen molar-refractivity contribution in [3.63, 3.8) is 0 Å². The lowest BCUT2D eigenvalue weighted by Gasteiger charge is -2.14. The third-order valence-corrected chi connectivity index (χ3v) is 6.16. The van der Waals surface area contributed by atoms with E-state index in [1.54, 1.807) is 48.7 Å². The van der Waals surface area contributed by atoms with Gasteiger partial charge in [-0.1, -0.05) is 29.5 Å². The zero-order valence-corrected chi connectivity index (χ0v) is 17.7. The monoisotopic (exact) mass is 432 g/mol. The Bertz CT molecular complexity index is 1340. The predicted molar refractivity (Wildman–Crippen MR) is 122 cm³/mol. The lowest BCUT2D eigenvalue weighted by molar-refractivity contribution is 0.340. The van der Waals surface area contributed by atoms with E-state index in [-0.39, 0.29) is 11.4 Å². The van der Waals surface area contributed by atoms with Gasteiger partial charge in [0.25, 0.3) is 5.56 Å². The number of ether oxygens (including phenoxy) is 1. The van der Waals surface area contributed by atoms with Crippen molar-refractivity contribution in [2.75, 3.05) is 6.61 Å². The van der Waals surface area contributed by atoms with Crippen molar-refractivity contribution in [1.82, 2.24) is 14.8 Å². The number of hydrogen-bond donors (Lipinski definition) is 1. The molecule has 0 unspecified atom stereocenters. The molecule has 8 heteroatoms. The Labute approximate surface area is 182 Å². The second kappa shape index (κ2) is 7.96. The van der Waals surface area contributed by atoms with Gasteiger partial charge in [-0.05, 0) is 50.1 Å². The average Bonchev–Trinajstić information content (AvgIpc) is 3.53. The van der Waals surface area contributed by atoms with Crippen LogP contribution < -0.4 is 10.3 Å². The van der Waals surface area contributed by atoms with Gasteiger partial charge in [0.2, 0.25) is 11.0 Å². The molecule has 0 radical (unpaired) electrons. The van der Waals surface area contributed by atoms with Crippen LogP contribution in [-0.2, 0) is 0 Å². The van der Waals surface area contributed by atoms with Crippen LogP contribution in [0.3, 0.4) is 0 Å². The lowest BCUT2D eigenvalue weighted by Crippen LogP contribution is -2.20. The Kier molecular flexibility index (Phi) is 4.99. The fraction of sp³-hybridized carbons (Fsp3) is 0.217. The molecule has 5 rings (SSSR count). The normalized spacial score (nSPS) is 13.8. The first-order valence-electron chi connectivity index (χ1n) is 10.1. The van der Waals surface area contributed by atoms with Crippen molar-refractivity contribution in [2.45, 2.75) is 25.7 Å². The van der Waals surface area contributed by atoms with Gasteiger partial charge in [0, 0.05) is 22.9 Å². The van der Waals surface area contributed by atoms with E-state index in [2.05, 4.69) is 15.2 Å². The van der Waals surface area contributed by atoms with Crippen molar-refractivity contribution in [3.05, 3.63) is 69.5 Å². The van der Waals surface area contributed by atoms with Crippen LogP contribution in [0, 0.1) is 0 Å². The van der Waals surface area contributed by atoms with Gasteiger partial charge in [0.05, 0.1) is 17.9 Å². The van der Waals surface area contributed by atoms with Crippen molar-refractivity contribution in [1.29, 1.82) is 0 Å².